The molecule has 0 bridgehead atoms. The number of nitrogens with two attached hydrogens (primary N) is 1. The van der Waals surface area contributed by atoms with Crippen LogP contribution in [0, 0.1) is 5.41 Å². The van der Waals surface area contributed by atoms with E-state index in [0.717, 1.165) is 13.1 Å². The first kappa shape index (κ1) is 15.0. The van der Waals surface area contributed by atoms with E-state index in [0.29, 0.717) is 5.41 Å². The van der Waals surface area contributed by atoms with Crippen LogP contribution in [0.25, 0.3) is 0 Å². The van der Waals surface area contributed by atoms with Crippen LogP contribution in [0.1, 0.15) is 43.4 Å². The van der Waals surface area contributed by atoms with Crippen molar-refractivity contribution >= 4 is 11.3 Å². The van der Waals surface area contributed by atoms with E-state index < -0.39 is 0 Å². The van der Waals surface area contributed by atoms with Crippen LogP contribution in [0.5, 0.6) is 0 Å². The number of likely N-dealkylation sites (N-methyl/N-ethyl adjacent to an activating group) is 1. The fourth-order valence-electron chi connectivity index (χ4n) is 3.31. The third kappa shape index (κ3) is 4.59. The standard InChI is InChI=1S/C16H28N2S/c1-18(11-8-15-7-6-12-19-15)14-16(13-17)9-4-2-3-5-10-16/h6-7,12H,2-5,8-11,13-14,17H2,1H3. The summed E-state index contributed by atoms with van der Waals surface area (Å²) in [7, 11) is 2.26. The molecule has 0 atom stereocenters. The van der Waals surface area contributed by atoms with Crippen LogP contribution in [-0.2, 0) is 6.42 Å². The molecule has 108 valence electrons. The average Bonchev–Trinajstić information content (AvgIpc) is 2.83. The maximum Gasteiger partial charge on any atom is 0.00579 e. The molecule has 1 aliphatic carbocycles. The van der Waals surface area contributed by atoms with Crippen molar-refractivity contribution in [1.29, 1.82) is 0 Å². The molecule has 0 radical (unpaired) electrons. The van der Waals surface area contributed by atoms with Crippen molar-refractivity contribution in [3.8, 4) is 0 Å². The van der Waals surface area contributed by atoms with Gasteiger partial charge in [-0.25, -0.2) is 0 Å². The predicted octanol–water partition coefficient (Wildman–Crippen LogP) is 3.52. The van der Waals surface area contributed by atoms with Crippen molar-refractivity contribution < 1.29 is 0 Å². The van der Waals surface area contributed by atoms with Gasteiger partial charge in [0.1, 0.15) is 0 Å². The van der Waals surface area contributed by atoms with E-state index >= 15 is 0 Å². The summed E-state index contributed by atoms with van der Waals surface area (Å²) in [4.78, 5) is 3.99. The van der Waals surface area contributed by atoms with Crippen molar-refractivity contribution in [3.63, 3.8) is 0 Å². The third-order valence-electron chi connectivity index (χ3n) is 4.52. The number of hydrogen-bond acceptors (Lipinski definition) is 3. The first-order chi connectivity index (χ1) is 9.24. The molecule has 2 rings (SSSR count). The second-order valence-electron chi connectivity index (χ2n) is 6.19. The lowest BCUT2D eigenvalue weighted by Crippen LogP contribution is -2.41. The van der Waals surface area contributed by atoms with Crippen LogP contribution in [-0.4, -0.2) is 31.6 Å². The van der Waals surface area contributed by atoms with E-state index in [-0.39, 0.29) is 0 Å². The van der Waals surface area contributed by atoms with E-state index in [4.69, 9.17) is 5.73 Å². The summed E-state index contributed by atoms with van der Waals surface area (Å²) in [5.74, 6) is 0. The molecule has 0 amide bonds. The molecule has 2 nitrogen and oxygen atoms in total. The summed E-state index contributed by atoms with van der Waals surface area (Å²) >= 11 is 1.87. The Bertz CT molecular complexity index is 340. The SMILES string of the molecule is CN(CCc1cccs1)CC1(CN)CCCCCC1. The molecule has 1 saturated carbocycles. The van der Waals surface area contributed by atoms with Crippen molar-refractivity contribution in [3.05, 3.63) is 22.4 Å². The molecular weight excluding hydrogens is 252 g/mol. The van der Waals surface area contributed by atoms with Gasteiger partial charge in [-0.2, -0.15) is 0 Å². The zero-order valence-electron chi connectivity index (χ0n) is 12.2. The maximum atomic E-state index is 6.12. The fourth-order valence-corrected chi connectivity index (χ4v) is 4.01. The van der Waals surface area contributed by atoms with E-state index in [2.05, 4.69) is 29.5 Å². The Hall–Kier alpha value is -0.380. The Morgan fingerprint density at radius 1 is 1.26 bits per heavy atom. The summed E-state index contributed by atoms with van der Waals surface area (Å²) in [5.41, 5.74) is 6.51. The molecule has 0 aliphatic heterocycles. The number of thiophene rings is 1. The van der Waals surface area contributed by atoms with E-state index in [1.165, 1.54) is 56.4 Å². The highest BCUT2D eigenvalue weighted by molar-refractivity contribution is 7.09. The highest BCUT2D eigenvalue weighted by Crippen LogP contribution is 2.34. The van der Waals surface area contributed by atoms with Crippen LogP contribution < -0.4 is 5.73 Å². The Balaban J connectivity index is 1.82. The molecule has 1 fully saturated rings. The molecule has 19 heavy (non-hydrogen) atoms. The lowest BCUT2D eigenvalue weighted by atomic mass is 9.80. The van der Waals surface area contributed by atoms with Gasteiger partial charge in [0.05, 0.1) is 0 Å². The van der Waals surface area contributed by atoms with E-state index in [9.17, 15) is 0 Å². The molecule has 1 aromatic heterocycles. The van der Waals surface area contributed by atoms with Gasteiger partial charge in [0, 0.05) is 18.0 Å². The van der Waals surface area contributed by atoms with Gasteiger partial charge in [0.15, 0.2) is 0 Å². The first-order valence-corrected chi connectivity index (χ1v) is 8.53. The maximum absolute atomic E-state index is 6.12. The zero-order valence-corrected chi connectivity index (χ0v) is 13.1. The summed E-state index contributed by atoms with van der Waals surface area (Å²) in [5, 5.41) is 2.17. The minimum absolute atomic E-state index is 0.390. The Kier molecular flexibility index (Phi) is 5.86. The Morgan fingerprint density at radius 2 is 2.00 bits per heavy atom. The molecule has 0 spiro atoms. The van der Waals surface area contributed by atoms with Crippen LogP contribution in [0.2, 0.25) is 0 Å². The summed E-state index contributed by atoms with van der Waals surface area (Å²) in [6.07, 6.45) is 9.38. The lowest BCUT2D eigenvalue weighted by molar-refractivity contribution is 0.159. The molecule has 0 unspecified atom stereocenters. The van der Waals surface area contributed by atoms with Gasteiger partial charge in [0.2, 0.25) is 0 Å². The molecule has 0 saturated heterocycles. The number of rotatable bonds is 6. The average molecular weight is 280 g/mol. The van der Waals surface area contributed by atoms with Gasteiger partial charge >= 0.3 is 0 Å². The molecule has 2 N–H and O–H groups in total. The molecule has 1 heterocycles. The van der Waals surface area contributed by atoms with Crippen LogP contribution in [0.15, 0.2) is 17.5 Å². The van der Waals surface area contributed by atoms with Gasteiger partial charge < -0.3 is 10.6 Å². The van der Waals surface area contributed by atoms with E-state index in [1.54, 1.807) is 0 Å². The topological polar surface area (TPSA) is 29.3 Å². The lowest BCUT2D eigenvalue weighted by Gasteiger charge is -2.35. The van der Waals surface area contributed by atoms with Crippen molar-refractivity contribution in [1.82, 2.24) is 4.90 Å². The van der Waals surface area contributed by atoms with Gasteiger partial charge in [-0.1, -0.05) is 31.7 Å². The summed E-state index contributed by atoms with van der Waals surface area (Å²) in [6.45, 7) is 3.19. The molecule has 1 aromatic rings. The van der Waals surface area contributed by atoms with Crippen LogP contribution >= 0.6 is 11.3 Å². The largest absolute Gasteiger partial charge is 0.330 e. The van der Waals surface area contributed by atoms with Crippen LogP contribution in [0.4, 0.5) is 0 Å². The highest BCUT2D eigenvalue weighted by Gasteiger charge is 2.30. The van der Waals surface area contributed by atoms with Gasteiger partial charge in [-0.3, -0.25) is 0 Å². The second kappa shape index (κ2) is 7.41. The molecule has 3 heteroatoms. The normalized spacial score (nSPS) is 19.5. The quantitative estimate of drug-likeness (QED) is 0.808. The second-order valence-corrected chi connectivity index (χ2v) is 7.22. The predicted molar refractivity (Wildman–Crippen MR) is 84.7 cm³/mol. The smallest absolute Gasteiger partial charge is 0.00579 e. The zero-order chi connectivity index (χ0) is 13.6. The van der Waals surface area contributed by atoms with Crippen LogP contribution in [0.3, 0.4) is 0 Å². The summed E-state index contributed by atoms with van der Waals surface area (Å²) in [6, 6.07) is 4.38. The third-order valence-corrected chi connectivity index (χ3v) is 5.46. The number of nitrogens with zero attached hydrogens (tertiary/aromatic N) is 1. The Labute approximate surface area is 122 Å². The van der Waals surface area contributed by atoms with Crippen molar-refractivity contribution in [2.24, 2.45) is 11.1 Å². The van der Waals surface area contributed by atoms with Gasteiger partial charge in [0.25, 0.3) is 0 Å². The monoisotopic (exact) mass is 280 g/mol. The minimum Gasteiger partial charge on any atom is -0.330 e. The Morgan fingerprint density at radius 3 is 2.58 bits per heavy atom. The van der Waals surface area contributed by atoms with Gasteiger partial charge in [-0.05, 0) is 49.7 Å². The van der Waals surface area contributed by atoms with Gasteiger partial charge in [-0.15, -0.1) is 11.3 Å². The molecule has 1 aliphatic rings. The molecule has 0 aromatic carbocycles. The minimum atomic E-state index is 0.390. The fraction of sp³-hybridized carbons (Fsp3) is 0.750. The summed E-state index contributed by atoms with van der Waals surface area (Å²) < 4.78 is 0. The highest BCUT2D eigenvalue weighted by atomic mass is 32.1. The van der Waals surface area contributed by atoms with Crippen molar-refractivity contribution in [2.45, 2.75) is 44.9 Å². The number of hydrogen-bond donors (Lipinski definition) is 1. The van der Waals surface area contributed by atoms with E-state index in [1.807, 2.05) is 11.3 Å². The first-order valence-electron chi connectivity index (χ1n) is 7.65. The molecular formula is C16H28N2S. The van der Waals surface area contributed by atoms with Crippen molar-refractivity contribution in [2.75, 3.05) is 26.7 Å².